The lowest BCUT2D eigenvalue weighted by atomic mass is 10.4. The van der Waals surface area contributed by atoms with Crippen LogP contribution in [-0.2, 0) is 0 Å². The number of hydrogen-bond donors (Lipinski definition) is 1. The van der Waals surface area contributed by atoms with Crippen LogP contribution in [0, 0.1) is 0 Å². The smallest absolute Gasteiger partial charge is 0.0199 e. The van der Waals surface area contributed by atoms with Crippen molar-refractivity contribution in [1.82, 2.24) is 5.32 Å². The van der Waals surface area contributed by atoms with Crippen molar-refractivity contribution in [3.05, 3.63) is 12.3 Å². The fourth-order valence-corrected chi connectivity index (χ4v) is 0.289. The van der Waals surface area contributed by atoms with Crippen LogP contribution >= 0.6 is 0 Å². The van der Waals surface area contributed by atoms with E-state index < -0.39 is 0 Å². The van der Waals surface area contributed by atoms with Crippen LogP contribution in [0.5, 0.6) is 0 Å². The largest absolute Gasteiger partial charge is 0.389 e. The quantitative estimate of drug-likeness (QED) is 0.553. The third-order valence-corrected chi connectivity index (χ3v) is 0.596. The highest BCUT2D eigenvalue weighted by molar-refractivity contribution is 4.75. The highest BCUT2D eigenvalue weighted by atomic mass is 14.9. The van der Waals surface area contributed by atoms with Crippen molar-refractivity contribution in [3.63, 3.8) is 0 Å². The van der Waals surface area contributed by atoms with E-state index in [9.17, 15) is 0 Å². The van der Waals surface area contributed by atoms with Crippen LogP contribution in [0.25, 0.3) is 0 Å². The highest BCUT2D eigenvalue weighted by Crippen LogP contribution is 1.73. The van der Waals surface area contributed by atoms with Crippen LogP contribution in [0.15, 0.2) is 12.3 Å². The Morgan fingerprint density at radius 1 is 1.43 bits per heavy atom. The summed E-state index contributed by atoms with van der Waals surface area (Å²) in [5.41, 5.74) is 0. The Bertz CT molecular complexity index is 55.2. The molecule has 0 aliphatic carbocycles. The molecule has 0 atom stereocenters. The molecular formula is C6H13N. The van der Waals surface area contributed by atoms with Gasteiger partial charge in [0, 0.05) is 6.04 Å². The molecular weight excluding hydrogens is 86.1 g/mol. The third kappa shape index (κ3) is 5.54. The van der Waals surface area contributed by atoms with Gasteiger partial charge in [-0.2, -0.15) is 0 Å². The van der Waals surface area contributed by atoms with Crippen molar-refractivity contribution in [2.24, 2.45) is 0 Å². The van der Waals surface area contributed by atoms with Gasteiger partial charge in [0.05, 0.1) is 0 Å². The lowest BCUT2D eigenvalue weighted by molar-refractivity contribution is 0.702. The maximum atomic E-state index is 3.11. The van der Waals surface area contributed by atoms with E-state index in [1.165, 1.54) is 0 Å². The van der Waals surface area contributed by atoms with Crippen molar-refractivity contribution in [3.8, 4) is 0 Å². The third-order valence-electron chi connectivity index (χ3n) is 0.596. The van der Waals surface area contributed by atoms with Crippen LogP contribution in [0.3, 0.4) is 0 Å². The molecule has 0 saturated carbocycles. The Kier molecular flexibility index (Phi) is 3.48. The second-order valence-corrected chi connectivity index (χ2v) is 1.82. The topological polar surface area (TPSA) is 12.0 Å². The molecule has 0 saturated heterocycles. The van der Waals surface area contributed by atoms with Gasteiger partial charge in [0.2, 0.25) is 0 Å². The first kappa shape index (κ1) is 6.54. The molecule has 0 heterocycles. The number of nitrogens with one attached hydrogen (secondary N) is 1. The fraction of sp³-hybridized carbons (Fsp3) is 0.667. The Balaban J connectivity index is 2.97. The molecule has 0 bridgehead atoms. The van der Waals surface area contributed by atoms with Gasteiger partial charge in [-0.3, -0.25) is 0 Å². The molecule has 0 radical (unpaired) electrons. The van der Waals surface area contributed by atoms with Crippen molar-refractivity contribution in [1.29, 1.82) is 0 Å². The van der Waals surface area contributed by atoms with Crippen LogP contribution in [0.1, 0.15) is 20.8 Å². The molecule has 0 aromatic carbocycles. The number of rotatable bonds is 2. The van der Waals surface area contributed by atoms with Crippen molar-refractivity contribution < 1.29 is 0 Å². The number of hydrogen-bond acceptors (Lipinski definition) is 1. The maximum absolute atomic E-state index is 3.11. The minimum absolute atomic E-state index is 0.566. The summed E-state index contributed by atoms with van der Waals surface area (Å²) in [4.78, 5) is 0. The molecule has 0 aliphatic rings. The van der Waals surface area contributed by atoms with Crippen molar-refractivity contribution >= 4 is 0 Å². The maximum Gasteiger partial charge on any atom is 0.0199 e. The first-order valence-corrected chi connectivity index (χ1v) is 2.64. The molecule has 0 rings (SSSR count). The van der Waals surface area contributed by atoms with Gasteiger partial charge in [0.15, 0.2) is 0 Å². The summed E-state index contributed by atoms with van der Waals surface area (Å²) in [5.74, 6) is 0. The van der Waals surface area contributed by atoms with E-state index in [0.717, 1.165) is 0 Å². The molecule has 0 fully saturated rings. The Hall–Kier alpha value is -0.460. The monoisotopic (exact) mass is 99.1 g/mol. The summed E-state index contributed by atoms with van der Waals surface area (Å²) in [7, 11) is 0. The zero-order valence-electron chi connectivity index (χ0n) is 5.23. The predicted octanol–water partition coefficient (Wildman–Crippen LogP) is 1.52. The van der Waals surface area contributed by atoms with Crippen molar-refractivity contribution in [2.75, 3.05) is 0 Å². The average molecular weight is 99.2 g/mol. The van der Waals surface area contributed by atoms with E-state index in [-0.39, 0.29) is 0 Å². The lowest BCUT2D eigenvalue weighted by Crippen LogP contribution is -2.14. The molecule has 7 heavy (non-hydrogen) atoms. The van der Waals surface area contributed by atoms with Gasteiger partial charge in [-0.05, 0) is 27.0 Å². The lowest BCUT2D eigenvalue weighted by Gasteiger charge is -2.00. The molecule has 1 N–H and O–H groups in total. The second kappa shape index (κ2) is 3.72. The summed E-state index contributed by atoms with van der Waals surface area (Å²) in [6.45, 7) is 6.22. The fourth-order valence-electron chi connectivity index (χ4n) is 0.289. The van der Waals surface area contributed by atoms with Crippen LogP contribution in [0.2, 0.25) is 0 Å². The molecule has 0 aliphatic heterocycles. The van der Waals surface area contributed by atoms with Gasteiger partial charge < -0.3 is 5.32 Å². The first-order chi connectivity index (χ1) is 3.27. The van der Waals surface area contributed by atoms with E-state index in [4.69, 9.17) is 0 Å². The first-order valence-electron chi connectivity index (χ1n) is 2.64. The molecule has 1 nitrogen and oxygen atoms in total. The van der Waals surface area contributed by atoms with Gasteiger partial charge >= 0.3 is 0 Å². The molecule has 0 spiro atoms. The van der Waals surface area contributed by atoms with Crippen molar-refractivity contribution in [2.45, 2.75) is 26.8 Å². The Morgan fingerprint density at radius 3 is 2.14 bits per heavy atom. The molecule has 1 heteroatoms. The average Bonchev–Trinajstić information content (AvgIpc) is 1.61. The molecule has 0 unspecified atom stereocenters. The van der Waals surface area contributed by atoms with Crippen LogP contribution in [0.4, 0.5) is 0 Å². The van der Waals surface area contributed by atoms with E-state index in [0.29, 0.717) is 6.04 Å². The highest BCUT2D eigenvalue weighted by Gasteiger charge is 1.79. The van der Waals surface area contributed by atoms with Gasteiger partial charge in [-0.25, -0.2) is 0 Å². The Morgan fingerprint density at radius 2 is 2.00 bits per heavy atom. The van der Waals surface area contributed by atoms with Crippen LogP contribution in [-0.4, -0.2) is 6.04 Å². The SMILES string of the molecule is CC=CNC(C)C. The molecule has 0 amide bonds. The Labute approximate surface area is 45.4 Å². The summed E-state index contributed by atoms with van der Waals surface area (Å²) in [6, 6.07) is 0.566. The zero-order valence-corrected chi connectivity index (χ0v) is 5.23. The summed E-state index contributed by atoms with van der Waals surface area (Å²) in [5, 5.41) is 3.11. The molecule has 0 aromatic rings. The van der Waals surface area contributed by atoms with E-state index >= 15 is 0 Å². The van der Waals surface area contributed by atoms with Gasteiger partial charge in [0.1, 0.15) is 0 Å². The second-order valence-electron chi connectivity index (χ2n) is 1.82. The van der Waals surface area contributed by atoms with Gasteiger partial charge in [0.25, 0.3) is 0 Å². The van der Waals surface area contributed by atoms with Crippen LogP contribution < -0.4 is 5.32 Å². The van der Waals surface area contributed by atoms with E-state index in [1.807, 2.05) is 19.2 Å². The molecule has 42 valence electrons. The van der Waals surface area contributed by atoms with Gasteiger partial charge in [-0.1, -0.05) is 6.08 Å². The minimum Gasteiger partial charge on any atom is -0.389 e. The minimum atomic E-state index is 0.566. The van der Waals surface area contributed by atoms with E-state index in [1.54, 1.807) is 0 Å². The summed E-state index contributed by atoms with van der Waals surface area (Å²) < 4.78 is 0. The molecule has 0 aromatic heterocycles. The zero-order chi connectivity index (χ0) is 5.70. The summed E-state index contributed by atoms with van der Waals surface area (Å²) in [6.07, 6.45) is 3.94. The standard InChI is InChI=1S/C6H13N/c1-4-5-7-6(2)3/h4-7H,1-3H3. The van der Waals surface area contributed by atoms with E-state index in [2.05, 4.69) is 19.2 Å². The number of allylic oxidation sites excluding steroid dienone is 1. The van der Waals surface area contributed by atoms with Gasteiger partial charge in [-0.15, -0.1) is 0 Å². The normalized spacial score (nSPS) is 10.9. The predicted molar refractivity (Wildman–Crippen MR) is 33.1 cm³/mol. The summed E-state index contributed by atoms with van der Waals surface area (Å²) >= 11 is 0.